The average molecular weight is 379 g/mol. The molecular weight excluding hydrogens is 359 g/mol. The molecule has 0 saturated heterocycles. The van der Waals surface area contributed by atoms with E-state index in [0.29, 0.717) is 23.8 Å². The summed E-state index contributed by atoms with van der Waals surface area (Å²) in [6, 6.07) is 3.24. The number of ether oxygens (including phenoxy) is 2. The highest BCUT2D eigenvalue weighted by Gasteiger charge is 2.10. The summed E-state index contributed by atoms with van der Waals surface area (Å²) in [6.07, 6.45) is 2.19. The summed E-state index contributed by atoms with van der Waals surface area (Å²) in [6.45, 7) is 1.93. The summed E-state index contributed by atoms with van der Waals surface area (Å²) in [7, 11) is 2.91. The molecule has 11 heteroatoms. The van der Waals surface area contributed by atoms with Crippen molar-refractivity contribution in [2.75, 3.05) is 25.5 Å². The zero-order chi connectivity index (χ0) is 16.1. The van der Waals surface area contributed by atoms with Crippen LogP contribution in [-0.4, -0.2) is 40.4 Å². The second kappa shape index (κ2) is 9.68. The number of nitrogen functional groups attached to an aromatic ring is 1. The Kier molecular flexibility index (Phi) is 8.72. The predicted octanol–water partition coefficient (Wildman–Crippen LogP) is 1.57. The summed E-state index contributed by atoms with van der Waals surface area (Å²) >= 11 is 0. The van der Waals surface area contributed by atoms with Gasteiger partial charge in [-0.25, -0.2) is 10.1 Å². The summed E-state index contributed by atoms with van der Waals surface area (Å²) in [5.41, 5.74) is 3.36. The lowest BCUT2D eigenvalue weighted by Crippen LogP contribution is -2.14. The zero-order valence-corrected chi connectivity index (χ0v) is 15.0. The van der Waals surface area contributed by atoms with Crippen molar-refractivity contribution < 1.29 is 14.6 Å². The molecule has 0 aliphatic carbocycles. The Morgan fingerprint density at radius 2 is 1.83 bits per heavy atom. The molecule has 0 atom stereocenters. The number of nitrogens with zero attached hydrogens (tertiary/aromatic N) is 4. The molecule has 2 rings (SSSR count). The fourth-order valence-corrected chi connectivity index (χ4v) is 1.79. The quantitative estimate of drug-likeness (QED) is 0.396. The first-order valence-electron chi connectivity index (χ1n) is 6.54. The summed E-state index contributed by atoms with van der Waals surface area (Å²) < 4.78 is 11.5. The summed E-state index contributed by atoms with van der Waals surface area (Å²) in [5.74, 6) is 7.27. The molecular formula is C13H20Cl2N6O3. The second-order valence-electron chi connectivity index (χ2n) is 4.31. The van der Waals surface area contributed by atoms with E-state index in [1.165, 1.54) is 25.1 Å². The third kappa shape index (κ3) is 4.56. The fraction of sp³-hybridized carbons (Fsp3) is 0.308. The van der Waals surface area contributed by atoms with Crippen LogP contribution in [0.5, 0.6) is 17.2 Å². The number of aromatic nitrogens is 3. The minimum Gasteiger partial charge on any atom is -0.502 e. The lowest BCUT2D eigenvalue weighted by molar-refractivity contribution is 0.340. The molecule has 0 amide bonds. The van der Waals surface area contributed by atoms with Crippen LogP contribution in [-0.2, 0) is 6.42 Å². The van der Waals surface area contributed by atoms with E-state index < -0.39 is 0 Å². The number of halogens is 2. The average Bonchev–Trinajstić information content (AvgIpc) is 2.89. The normalized spacial score (nSPS) is 9.96. The van der Waals surface area contributed by atoms with Gasteiger partial charge in [0.1, 0.15) is 0 Å². The van der Waals surface area contributed by atoms with Crippen LogP contribution in [0.2, 0.25) is 0 Å². The standard InChI is InChI=1S/C13H18N6O3.2ClH/c1-4-11-16-18-13(19(11)14)17-15-7-8-5-9(21-2)12(20)10(6-8)22-3;;/h5-7,20H,4,14H2,1-3H3,(H,17,18);2*1H. The van der Waals surface area contributed by atoms with E-state index in [-0.39, 0.29) is 42.1 Å². The van der Waals surface area contributed by atoms with Crippen molar-refractivity contribution >= 4 is 37.0 Å². The van der Waals surface area contributed by atoms with Gasteiger partial charge in [-0.1, -0.05) is 6.92 Å². The van der Waals surface area contributed by atoms with Gasteiger partial charge < -0.3 is 20.4 Å². The van der Waals surface area contributed by atoms with Gasteiger partial charge in [0.05, 0.1) is 20.4 Å². The number of phenolic OH excluding ortho intramolecular Hbond substituents is 1. The highest BCUT2D eigenvalue weighted by Crippen LogP contribution is 2.36. The van der Waals surface area contributed by atoms with Gasteiger partial charge in [-0.2, -0.15) is 5.10 Å². The van der Waals surface area contributed by atoms with Gasteiger partial charge in [-0.05, 0) is 12.1 Å². The number of benzene rings is 1. The number of rotatable bonds is 6. The van der Waals surface area contributed by atoms with Crippen LogP contribution in [0, 0.1) is 0 Å². The fourth-order valence-electron chi connectivity index (χ4n) is 1.79. The summed E-state index contributed by atoms with van der Waals surface area (Å²) in [5, 5.41) is 21.6. The van der Waals surface area contributed by atoms with Crippen LogP contribution in [0.4, 0.5) is 5.95 Å². The van der Waals surface area contributed by atoms with Crippen LogP contribution < -0.4 is 20.7 Å². The molecule has 2 aromatic rings. The Morgan fingerprint density at radius 3 is 2.29 bits per heavy atom. The number of methoxy groups -OCH3 is 2. The Balaban J connectivity index is 0.00000264. The third-order valence-corrected chi connectivity index (χ3v) is 2.96. The number of anilines is 1. The molecule has 0 aliphatic rings. The number of phenols is 1. The first kappa shape index (κ1) is 21.6. The largest absolute Gasteiger partial charge is 0.502 e. The Labute approximate surface area is 151 Å². The molecule has 24 heavy (non-hydrogen) atoms. The van der Waals surface area contributed by atoms with Gasteiger partial charge in [0.15, 0.2) is 17.3 Å². The minimum absolute atomic E-state index is 0. The molecule has 9 nitrogen and oxygen atoms in total. The highest BCUT2D eigenvalue weighted by molar-refractivity contribution is 5.85. The first-order valence-corrected chi connectivity index (χ1v) is 6.54. The lowest BCUT2D eigenvalue weighted by Gasteiger charge is -2.09. The first-order chi connectivity index (χ1) is 10.6. The number of hydrogen-bond donors (Lipinski definition) is 3. The Bertz CT molecular complexity index is 667. The van der Waals surface area contributed by atoms with Crippen molar-refractivity contribution in [1.29, 1.82) is 0 Å². The molecule has 0 spiro atoms. The number of hydrogen-bond acceptors (Lipinski definition) is 8. The van der Waals surface area contributed by atoms with Crippen LogP contribution in [0.3, 0.4) is 0 Å². The molecule has 1 aromatic heterocycles. The highest BCUT2D eigenvalue weighted by atomic mass is 35.5. The van der Waals surface area contributed by atoms with Crippen LogP contribution >= 0.6 is 24.8 Å². The van der Waals surface area contributed by atoms with Crippen molar-refractivity contribution in [1.82, 2.24) is 14.9 Å². The van der Waals surface area contributed by atoms with Gasteiger partial charge in [-0.15, -0.1) is 35.0 Å². The maximum atomic E-state index is 9.83. The van der Waals surface area contributed by atoms with E-state index in [4.69, 9.17) is 15.3 Å². The number of nitrogens with one attached hydrogen (secondary N) is 1. The molecule has 0 aliphatic heterocycles. The van der Waals surface area contributed by atoms with Crippen LogP contribution in [0.15, 0.2) is 17.2 Å². The number of nitrogens with two attached hydrogens (primary N) is 1. The van der Waals surface area contributed by atoms with Gasteiger partial charge in [0, 0.05) is 12.0 Å². The van der Waals surface area contributed by atoms with E-state index in [1.807, 2.05) is 6.92 Å². The lowest BCUT2D eigenvalue weighted by atomic mass is 10.2. The molecule has 1 heterocycles. The van der Waals surface area contributed by atoms with E-state index >= 15 is 0 Å². The SMILES string of the molecule is CCc1nnc(NN=Cc2cc(OC)c(O)c(OC)c2)n1N.Cl.Cl. The van der Waals surface area contributed by atoms with Crippen LogP contribution in [0.25, 0.3) is 0 Å². The molecule has 134 valence electrons. The molecule has 0 bridgehead atoms. The van der Waals surface area contributed by atoms with Gasteiger partial charge >= 0.3 is 0 Å². The van der Waals surface area contributed by atoms with Gasteiger partial charge in [0.2, 0.25) is 5.75 Å². The minimum atomic E-state index is -0.0654. The molecule has 4 N–H and O–H groups in total. The maximum absolute atomic E-state index is 9.83. The van der Waals surface area contributed by atoms with E-state index in [2.05, 4.69) is 20.7 Å². The predicted molar refractivity (Wildman–Crippen MR) is 96.5 cm³/mol. The Morgan fingerprint density at radius 1 is 1.25 bits per heavy atom. The summed E-state index contributed by atoms with van der Waals surface area (Å²) in [4.78, 5) is 0. The molecule has 0 saturated carbocycles. The van der Waals surface area contributed by atoms with Crippen molar-refractivity contribution in [3.63, 3.8) is 0 Å². The van der Waals surface area contributed by atoms with Crippen molar-refractivity contribution in [2.45, 2.75) is 13.3 Å². The van der Waals surface area contributed by atoms with E-state index in [9.17, 15) is 5.11 Å². The third-order valence-electron chi connectivity index (χ3n) is 2.96. The van der Waals surface area contributed by atoms with Crippen molar-refractivity contribution in [3.05, 3.63) is 23.5 Å². The zero-order valence-electron chi connectivity index (χ0n) is 13.4. The van der Waals surface area contributed by atoms with Gasteiger partial charge in [0.25, 0.3) is 5.95 Å². The van der Waals surface area contributed by atoms with Crippen LogP contribution in [0.1, 0.15) is 18.3 Å². The van der Waals surface area contributed by atoms with Crippen molar-refractivity contribution in [2.24, 2.45) is 5.10 Å². The second-order valence-corrected chi connectivity index (χ2v) is 4.31. The van der Waals surface area contributed by atoms with Crippen molar-refractivity contribution in [3.8, 4) is 17.2 Å². The Hall–Kier alpha value is -2.39. The molecule has 0 fully saturated rings. The number of hydrazone groups is 1. The molecule has 0 unspecified atom stereocenters. The van der Waals surface area contributed by atoms with Gasteiger partial charge in [-0.3, -0.25) is 0 Å². The van der Waals surface area contributed by atoms with E-state index in [0.717, 1.165) is 0 Å². The molecule has 0 radical (unpaired) electrons. The topological polar surface area (TPSA) is 120 Å². The monoisotopic (exact) mass is 378 g/mol. The number of aryl methyl sites for hydroxylation is 1. The number of aromatic hydroxyl groups is 1. The maximum Gasteiger partial charge on any atom is 0.263 e. The smallest absolute Gasteiger partial charge is 0.263 e. The molecule has 1 aromatic carbocycles. The van der Waals surface area contributed by atoms with E-state index in [1.54, 1.807) is 12.1 Å².